The van der Waals surface area contributed by atoms with Crippen molar-refractivity contribution in [2.75, 3.05) is 0 Å². The Bertz CT molecular complexity index is 261. The zero-order chi connectivity index (χ0) is 7.56. The summed E-state index contributed by atoms with van der Waals surface area (Å²) in [6.07, 6.45) is -0.944. The van der Waals surface area contributed by atoms with Crippen molar-refractivity contribution in [2.45, 2.75) is 13.0 Å². The molecule has 3 heteroatoms. The van der Waals surface area contributed by atoms with Gasteiger partial charge in [-0.1, -0.05) is 0 Å². The minimum atomic E-state index is -0.944. The van der Waals surface area contributed by atoms with Crippen LogP contribution in [-0.4, -0.2) is 5.11 Å². The topological polar surface area (TPSA) is 44.0 Å². The molecule has 0 fully saturated rings. The van der Waals surface area contributed by atoms with Gasteiger partial charge in [0, 0.05) is 0 Å². The van der Waals surface area contributed by atoms with E-state index in [9.17, 15) is 0 Å². The molecule has 1 aromatic heterocycles. The number of aryl methyl sites for hydroxylation is 1. The molecule has 0 amide bonds. The third kappa shape index (κ3) is 1.18. The van der Waals surface area contributed by atoms with Crippen molar-refractivity contribution in [3.05, 3.63) is 21.9 Å². The number of aliphatic hydroxyl groups is 1. The zero-order valence-corrected chi connectivity index (χ0v) is 6.35. The van der Waals surface area contributed by atoms with Crippen LogP contribution in [0.2, 0.25) is 0 Å². The van der Waals surface area contributed by atoms with Gasteiger partial charge in [0.1, 0.15) is 0 Å². The largest absolute Gasteiger partial charge is 0.373 e. The molecular formula is C7H7NOS. The van der Waals surface area contributed by atoms with Gasteiger partial charge in [0.05, 0.1) is 10.9 Å². The summed E-state index contributed by atoms with van der Waals surface area (Å²) >= 11 is 1.41. The van der Waals surface area contributed by atoms with Gasteiger partial charge >= 0.3 is 0 Å². The molecule has 1 rings (SSSR count). The highest BCUT2D eigenvalue weighted by molar-refractivity contribution is 7.10. The molecule has 1 atom stereocenters. The van der Waals surface area contributed by atoms with E-state index in [0.29, 0.717) is 0 Å². The van der Waals surface area contributed by atoms with Gasteiger partial charge in [0.25, 0.3) is 0 Å². The minimum absolute atomic E-state index is 0.752. The van der Waals surface area contributed by atoms with Crippen molar-refractivity contribution >= 4 is 11.3 Å². The maximum Gasteiger partial charge on any atom is 0.175 e. The SMILES string of the molecule is Cc1ccsc1[C@H](O)C#N. The maximum absolute atomic E-state index is 9.05. The lowest BCUT2D eigenvalue weighted by atomic mass is 10.2. The highest BCUT2D eigenvalue weighted by atomic mass is 32.1. The second-order valence-electron chi connectivity index (χ2n) is 2.00. The fourth-order valence-electron chi connectivity index (χ4n) is 0.723. The quantitative estimate of drug-likeness (QED) is 0.623. The Morgan fingerprint density at radius 2 is 2.50 bits per heavy atom. The van der Waals surface area contributed by atoms with E-state index < -0.39 is 6.10 Å². The molecule has 52 valence electrons. The summed E-state index contributed by atoms with van der Waals surface area (Å²) in [5.74, 6) is 0. The molecule has 0 bridgehead atoms. The van der Waals surface area contributed by atoms with Gasteiger partial charge in [-0.15, -0.1) is 11.3 Å². The summed E-state index contributed by atoms with van der Waals surface area (Å²) in [7, 11) is 0. The molecule has 1 heterocycles. The van der Waals surface area contributed by atoms with E-state index in [4.69, 9.17) is 10.4 Å². The molecule has 1 N–H and O–H groups in total. The number of nitrogens with zero attached hydrogens (tertiary/aromatic N) is 1. The molecule has 2 nitrogen and oxygen atoms in total. The van der Waals surface area contributed by atoms with E-state index >= 15 is 0 Å². The Labute approximate surface area is 63.4 Å². The van der Waals surface area contributed by atoms with E-state index in [1.54, 1.807) is 6.07 Å². The van der Waals surface area contributed by atoms with Crippen LogP contribution in [-0.2, 0) is 0 Å². The number of hydrogen-bond acceptors (Lipinski definition) is 3. The third-order valence-corrected chi connectivity index (χ3v) is 2.34. The molecule has 0 radical (unpaired) electrons. The molecule has 0 aliphatic rings. The van der Waals surface area contributed by atoms with Crippen LogP contribution in [0.5, 0.6) is 0 Å². The Morgan fingerprint density at radius 3 is 2.90 bits per heavy atom. The second kappa shape index (κ2) is 2.82. The van der Waals surface area contributed by atoms with Crippen molar-refractivity contribution in [3.63, 3.8) is 0 Å². The van der Waals surface area contributed by atoms with Gasteiger partial charge in [-0.2, -0.15) is 5.26 Å². The lowest BCUT2D eigenvalue weighted by Gasteiger charge is -1.97. The van der Waals surface area contributed by atoms with Crippen LogP contribution in [0.3, 0.4) is 0 Å². The van der Waals surface area contributed by atoms with Crippen LogP contribution in [0, 0.1) is 18.3 Å². The van der Waals surface area contributed by atoms with Crippen LogP contribution in [0.25, 0.3) is 0 Å². The van der Waals surface area contributed by atoms with Gasteiger partial charge < -0.3 is 5.11 Å². The van der Waals surface area contributed by atoms with E-state index in [2.05, 4.69) is 0 Å². The van der Waals surface area contributed by atoms with Crippen molar-refractivity contribution in [1.82, 2.24) is 0 Å². The highest BCUT2D eigenvalue weighted by Gasteiger charge is 2.08. The first-order chi connectivity index (χ1) is 4.75. The first kappa shape index (κ1) is 7.26. The summed E-state index contributed by atoms with van der Waals surface area (Å²) in [4.78, 5) is 0.752. The monoisotopic (exact) mass is 153 g/mol. The summed E-state index contributed by atoms with van der Waals surface area (Å²) in [6.45, 7) is 1.88. The zero-order valence-electron chi connectivity index (χ0n) is 5.53. The van der Waals surface area contributed by atoms with Crippen molar-refractivity contribution in [3.8, 4) is 6.07 Å². The van der Waals surface area contributed by atoms with Gasteiger partial charge in [-0.3, -0.25) is 0 Å². The predicted molar refractivity (Wildman–Crippen MR) is 39.6 cm³/mol. The first-order valence-corrected chi connectivity index (χ1v) is 3.75. The molecule has 0 unspecified atom stereocenters. The molecule has 0 saturated carbocycles. The predicted octanol–water partition coefficient (Wildman–Crippen LogP) is 1.61. The molecule has 1 aromatic rings. The normalized spacial score (nSPS) is 12.5. The van der Waals surface area contributed by atoms with Gasteiger partial charge in [-0.05, 0) is 23.9 Å². The molecule has 0 spiro atoms. The van der Waals surface area contributed by atoms with Crippen LogP contribution < -0.4 is 0 Å². The van der Waals surface area contributed by atoms with E-state index in [1.807, 2.05) is 18.4 Å². The Morgan fingerprint density at radius 1 is 1.80 bits per heavy atom. The lowest BCUT2D eigenvalue weighted by molar-refractivity contribution is 0.239. The number of hydrogen-bond donors (Lipinski definition) is 1. The molecule has 0 aliphatic heterocycles. The summed E-state index contributed by atoms with van der Waals surface area (Å²) in [5.41, 5.74) is 0.985. The summed E-state index contributed by atoms with van der Waals surface area (Å²) < 4.78 is 0. The molecule has 10 heavy (non-hydrogen) atoms. The van der Waals surface area contributed by atoms with Gasteiger partial charge in [-0.25, -0.2) is 0 Å². The van der Waals surface area contributed by atoms with Crippen molar-refractivity contribution in [1.29, 1.82) is 5.26 Å². The van der Waals surface area contributed by atoms with Gasteiger partial charge in [0.2, 0.25) is 0 Å². The molecular weight excluding hydrogens is 146 g/mol. The standard InChI is InChI=1S/C7H7NOS/c1-5-2-3-10-7(5)6(9)4-8/h2-3,6,9H,1H3/t6-/m1/s1. The first-order valence-electron chi connectivity index (χ1n) is 2.87. The fraction of sp³-hybridized carbons (Fsp3) is 0.286. The number of nitriles is 1. The minimum Gasteiger partial charge on any atom is -0.373 e. The fourth-order valence-corrected chi connectivity index (χ4v) is 1.58. The van der Waals surface area contributed by atoms with Crippen molar-refractivity contribution in [2.24, 2.45) is 0 Å². The molecule has 0 saturated heterocycles. The van der Waals surface area contributed by atoms with Gasteiger partial charge in [0.15, 0.2) is 6.10 Å². The Kier molecular flexibility index (Phi) is 2.05. The molecule has 0 aromatic carbocycles. The number of rotatable bonds is 1. The third-order valence-electron chi connectivity index (χ3n) is 1.27. The maximum atomic E-state index is 9.05. The van der Waals surface area contributed by atoms with E-state index in [1.165, 1.54) is 11.3 Å². The summed E-state index contributed by atoms with van der Waals surface area (Å²) in [6, 6.07) is 3.66. The van der Waals surface area contributed by atoms with Crippen LogP contribution >= 0.6 is 11.3 Å². The average Bonchev–Trinajstić information content (AvgIpc) is 2.34. The van der Waals surface area contributed by atoms with Crippen LogP contribution in [0.15, 0.2) is 11.4 Å². The number of thiophene rings is 1. The average molecular weight is 153 g/mol. The lowest BCUT2D eigenvalue weighted by Crippen LogP contribution is -1.90. The van der Waals surface area contributed by atoms with E-state index in [-0.39, 0.29) is 0 Å². The van der Waals surface area contributed by atoms with E-state index in [0.717, 1.165) is 10.4 Å². The highest BCUT2D eigenvalue weighted by Crippen LogP contribution is 2.22. The Hall–Kier alpha value is -0.850. The summed E-state index contributed by atoms with van der Waals surface area (Å²) in [5, 5.41) is 19.3. The molecule has 0 aliphatic carbocycles. The van der Waals surface area contributed by atoms with Crippen LogP contribution in [0.1, 0.15) is 16.5 Å². The smallest absolute Gasteiger partial charge is 0.175 e. The van der Waals surface area contributed by atoms with Crippen molar-refractivity contribution < 1.29 is 5.11 Å². The van der Waals surface area contributed by atoms with Crippen LogP contribution in [0.4, 0.5) is 0 Å². The Balaban J connectivity index is 2.96. The second-order valence-corrected chi connectivity index (χ2v) is 2.95. The number of aliphatic hydroxyl groups excluding tert-OH is 1.